The van der Waals surface area contributed by atoms with Crippen LogP contribution in [0.5, 0.6) is 0 Å². The van der Waals surface area contributed by atoms with Gasteiger partial charge in [-0.05, 0) is 96.3 Å². The Kier molecular flexibility index (Phi) is 9.48. The van der Waals surface area contributed by atoms with Gasteiger partial charge >= 0.3 is 5.97 Å². The van der Waals surface area contributed by atoms with Gasteiger partial charge in [-0.1, -0.05) is 19.9 Å². The molecule has 0 aliphatic heterocycles. The fourth-order valence-electron chi connectivity index (χ4n) is 4.96. The van der Waals surface area contributed by atoms with Crippen molar-refractivity contribution in [1.82, 2.24) is 0 Å². The molecule has 0 spiro atoms. The van der Waals surface area contributed by atoms with Gasteiger partial charge in [0.05, 0.1) is 12.2 Å². The Morgan fingerprint density at radius 3 is 2.10 bits per heavy atom. The summed E-state index contributed by atoms with van der Waals surface area (Å²) in [4.78, 5) is 25.0. The minimum atomic E-state index is -0.953. The Hall–Kier alpha value is -0.810. The van der Waals surface area contributed by atoms with Crippen molar-refractivity contribution in [1.29, 1.82) is 0 Å². The molecule has 172 valence electrons. The average molecular weight is 439 g/mol. The van der Waals surface area contributed by atoms with Crippen molar-refractivity contribution in [3.05, 3.63) is 12.2 Å². The molecule has 0 heterocycles. The first-order valence-electron chi connectivity index (χ1n) is 11.7. The summed E-state index contributed by atoms with van der Waals surface area (Å²) in [5, 5.41) is 0.733. The first kappa shape index (κ1) is 25.5. The highest BCUT2D eigenvalue weighted by atomic mass is 32.2. The third-order valence-corrected chi connectivity index (χ3v) is 7.82. The number of allylic oxidation sites excluding steroid dienone is 2. The molecule has 2 aliphatic carbocycles. The third kappa shape index (κ3) is 7.12. The lowest BCUT2D eigenvalue weighted by molar-refractivity contribution is -0.189. The molecule has 2 fully saturated rings. The molecule has 4 nitrogen and oxygen atoms in total. The van der Waals surface area contributed by atoms with Gasteiger partial charge in [0.25, 0.3) is 0 Å². The van der Waals surface area contributed by atoms with Gasteiger partial charge in [-0.3, -0.25) is 4.79 Å². The lowest BCUT2D eigenvalue weighted by Gasteiger charge is -2.41. The standard InChI is InChI=1S/C25H42O4S/c1-16(2)28-24(27)25(5,6)29-23-17(3)14-19(15-18(23)4)8-13-22(26)20-9-11-21(30-7)12-10-20/h8,13,16-21,23H,9-12,14-15H2,1-7H3/b13-8+. The van der Waals surface area contributed by atoms with E-state index in [0.29, 0.717) is 23.5 Å². The molecule has 0 aromatic rings. The van der Waals surface area contributed by atoms with Gasteiger partial charge < -0.3 is 9.47 Å². The zero-order valence-corrected chi connectivity index (χ0v) is 20.8. The Labute approximate surface area is 187 Å². The van der Waals surface area contributed by atoms with Crippen LogP contribution in [0.4, 0.5) is 0 Å². The second kappa shape index (κ2) is 11.2. The highest BCUT2D eigenvalue weighted by molar-refractivity contribution is 7.99. The molecule has 5 heteroatoms. The Morgan fingerprint density at radius 1 is 1.03 bits per heavy atom. The lowest BCUT2D eigenvalue weighted by Crippen LogP contribution is -2.46. The minimum absolute atomic E-state index is 0.0156. The molecule has 0 bridgehead atoms. The monoisotopic (exact) mass is 438 g/mol. The number of carbonyl (C=O) groups excluding carboxylic acids is 2. The zero-order valence-electron chi connectivity index (χ0n) is 20.0. The topological polar surface area (TPSA) is 52.6 Å². The van der Waals surface area contributed by atoms with Crippen molar-refractivity contribution >= 4 is 23.5 Å². The minimum Gasteiger partial charge on any atom is -0.461 e. The van der Waals surface area contributed by atoms with E-state index in [9.17, 15) is 9.59 Å². The number of ketones is 1. The number of rotatable bonds is 8. The molecule has 2 atom stereocenters. The Morgan fingerprint density at radius 2 is 1.60 bits per heavy atom. The fourth-order valence-corrected chi connectivity index (χ4v) is 5.71. The highest BCUT2D eigenvalue weighted by Crippen LogP contribution is 2.38. The number of carbonyl (C=O) groups is 2. The maximum atomic E-state index is 12.6. The summed E-state index contributed by atoms with van der Waals surface area (Å²) < 4.78 is 11.7. The van der Waals surface area contributed by atoms with E-state index in [1.165, 1.54) is 0 Å². The van der Waals surface area contributed by atoms with E-state index in [0.717, 1.165) is 43.8 Å². The highest BCUT2D eigenvalue weighted by Gasteiger charge is 2.40. The van der Waals surface area contributed by atoms with Gasteiger partial charge in [0.1, 0.15) is 0 Å². The molecule has 0 aromatic carbocycles. The Bertz CT molecular complexity index is 592. The summed E-state index contributed by atoms with van der Waals surface area (Å²) in [5.74, 6) is 1.26. The zero-order chi connectivity index (χ0) is 22.5. The van der Waals surface area contributed by atoms with Crippen LogP contribution in [-0.4, -0.2) is 41.1 Å². The molecule has 2 saturated carbocycles. The first-order chi connectivity index (χ1) is 14.0. The van der Waals surface area contributed by atoms with Gasteiger partial charge in [0, 0.05) is 11.2 Å². The van der Waals surface area contributed by atoms with E-state index >= 15 is 0 Å². The van der Waals surface area contributed by atoms with Crippen molar-refractivity contribution < 1.29 is 19.1 Å². The molecular weight excluding hydrogens is 396 g/mol. The van der Waals surface area contributed by atoms with E-state index in [4.69, 9.17) is 9.47 Å². The van der Waals surface area contributed by atoms with Gasteiger partial charge in [-0.25, -0.2) is 4.79 Å². The van der Waals surface area contributed by atoms with Crippen LogP contribution in [0.15, 0.2) is 12.2 Å². The van der Waals surface area contributed by atoms with Crippen LogP contribution in [0.1, 0.15) is 80.1 Å². The van der Waals surface area contributed by atoms with Crippen molar-refractivity contribution in [3.63, 3.8) is 0 Å². The smallest absolute Gasteiger partial charge is 0.338 e. The predicted octanol–water partition coefficient (Wildman–Crippen LogP) is 5.83. The quantitative estimate of drug-likeness (QED) is 0.352. The average Bonchev–Trinajstić information content (AvgIpc) is 2.68. The number of ether oxygens (including phenoxy) is 2. The SMILES string of the molecule is CSC1CCC(C(=O)/C=C/C2CC(C)C(OC(C)(C)C(=O)OC(C)C)C(C)C2)CC1. The molecule has 2 unspecified atom stereocenters. The number of thioether (sulfide) groups is 1. The molecule has 0 aromatic heterocycles. The maximum absolute atomic E-state index is 12.6. The summed E-state index contributed by atoms with van der Waals surface area (Å²) in [6.07, 6.45) is 12.4. The van der Waals surface area contributed by atoms with E-state index in [-0.39, 0.29) is 24.1 Å². The fraction of sp³-hybridized carbons (Fsp3) is 0.840. The summed E-state index contributed by atoms with van der Waals surface area (Å²) in [5.41, 5.74) is -0.953. The number of esters is 1. The van der Waals surface area contributed by atoms with Crippen LogP contribution in [0.2, 0.25) is 0 Å². The van der Waals surface area contributed by atoms with Crippen LogP contribution in [-0.2, 0) is 19.1 Å². The van der Waals surface area contributed by atoms with Crippen molar-refractivity contribution in [2.45, 2.75) is 103 Å². The van der Waals surface area contributed by atoms with Gasteiger partial charge in [-0.15, -0.1) is 0 Å². The van der Waals surface area contributed by atoms with E-state index < -0.39 is 5.60 Å². The summed E-state index contributed by atoms with van der Waals surface area (Å²) >= 11 is 1.93. The van der Waals surface area contributed by atoms with E-state index in [2.05, 4.69) is 26.2 Å². The molecule has 0 amide bonds. The molecule has 0 N–H and O–H groups in total. The van der Waals surface area contributed by atoms with Crippen LogP contribution in [0, 0.1) is 23.7 Å². The van der Waals surface area contributed by atoms with Crippen molar-refractivity contribution in [2.75, 3.05) is 6.26 Å². The van der Waals surface area contributed by atoms with Gasteiger partial charge in [0.2, 0.25) is 0 Å². The number of hydrogen-bond acceptors (Lipinski definition) is 5. The van der Waals surface area contributed by atoms with Crippen molar-refractivity contribution in [2.24, 2.45) is 23.7 Å². The van der Waals surface area contributed by atoms with Crippen LogP contribution >= 0.6 is 11.8 Å². The summed E-state index contributed by atoms with van der Waals surface area (Å²) in [6.45, 7) is 11.7. The molecule has 2 rings (SSSR count). The van der Waals surface area contributed by atoms with Crippen LogP contribution < -0.4 is 0 Å². The molecular formula is C25H42O4S. The van der Waals surface area contributed by atoms with E-state index in [1.807, 2.05) is 31.7 Å². The summed E-state index contributed by atoms with van der Waals surface area (Å²) in [7, 11) is 0. The van der Waals surface area contributed by atoms with E-state index in [1.54, 1.807) is 13.8 Å². The molecule has 0 saturated heterocycles. The van der Waals surface area contributed by atoms with Gasteiger partial charge in [-0.2, -0.15) is 11.8 Å². The maximum Gasteiger partial charge on any atom is 0.338 e. The Balaban J connectivity index is 1.89. The summed E-state index contributed by atoms with van der Waals surface area (Å²) in [6, 6.07) is 0. The normalized spacial score (nSPS) is 33.1. The molecule has 0 radical (unpaired) electrons. The molecule has 2 aliphatic rings. The third-order valence-electron chi connectivity index (χ3n) is 6.68. The second-order valence-electron chi connectivity index (χ2n) is 10.2. The van der Waals surface area contributed by atoms with Crippen LogP contribution in [0.3, 0.4) is 0 Å². The van der Waals surface area contributed by atoms with Gasteiger partial charge in [0.15, 0.2) is 11.4 Å². The number of hydrogen-bond donors (Lipinski definition) is 0. The van der Waals surface area contributed by atoms with Crippen molar-refractivity contribution in [3.8, 4) is 0 Å². The molecule has 30 heavy (non-hydrogen) atoms. The predicted molar refractivity (Wildman–Crippen MR) is 125 cm³/mol. The largest absolute Gasteiger partial charge is 0.461 e. The van der Waals surface area contributed by atoms with Crippen LogP contribution in [0.25, 0.3) is 0 Å². The second-order valence-corrected chi connectivity index (χ2v) is 11.3. The lowest BCUT2D eigenvalue weighted by atomic mass is 9.74. The first-order valence-corrected chi connectivity index (χ1v) is 13.0.